The van der Waals surface area contributed by atoms with Gasteiger partial charge in [-0.05, 0) is 13.8 Å². The van der Waals surface area contributed by atoms with Crippen LogP contribution in [0.3, 0.4) is 0 Å². The van der Waals surface area contributed by atoms with Crippen molar-refractivity contribution in [2.75, 3.05) is 13.1 Å². The predicted molar refractivity (Wildman–Crippen MR) is 60.9 cm³/mol. The molecule has 1 rings (SSSR count). The van der Waals surface area contributed by atoms with Gasteiger partial charge in [-0.3, -0.25) is 9.48 Å². The van der Waals surface area contributed by atoms with E-state index < -0.39 is 25.0 Å². The highest BCUT2D eigenvalue weighted by molar-refractivity contribution is 6.33. The molecule has 0 aromatic carbocycles. The van der Waals surface area contributed by atoms with Crippen LogP contribution in [0.4, 0.5) is 13.2 Å². The van der Waals surface area contributed by atoms with Crippen molar-refractivity contribution >= 4 is 17.4 Å². The van der Waals surface area contributed by atoms with Crippen LogP contribution in [0, 0.1) is 0 Å². The van der Waals surface area contributed by atoms with Crippen LogP contribution in [0.15, 0.2) is 6.20 Å². The zero-order valence-corrected chi connectivity index (χ0v) is 10.6. The van der Waals surface area contributed by atoms with E-state index in [4.69, 9.17) is 11.6 Å². The first-order valence-corrected chi connectivity index (χ1v) is 5.64. The molecule has 0 aliphatic carbocycles. The van der Waals surface area contributed by atoms with Crippen LogP contribution >= 0.6 is 11.6 Å². The number of rotatable bonds is 5. The van der Waals surface area contributed by atoms with E-state index in [2.05, 4.69) is 5.10 Å². The third kappa shape index (κ3) is 3.99. The maximum absolute atomic E-state index is 11.9. The number of ketones is 1. The molecule has 0 aliphatic heterocycles. The molecule has 0 saturated heterocycles. The van der Waals surface area contributed by atoms with Gasteiger partial charge in [-0.25, -0.2) is 0 Å². The van der Waals surface area contributed by atoms with E-state index in [9.17, 15) is 18.0 Å². The van der Waals surface area contributed by atoms with E-state index in [-0.39, 0.29) is 16.8 Å². The summed E-state index contributed by atoms with van der Waals surface area (Å²) in [6, 6.07) is -0.0981. The van der Waals surface area contributed by atoms with E-state index >= 15 is 0 Å². The Kier molecular flexibility index (Phi) is 4.75. The molecule has 0 saturated carbocycles. The second-order valence-corrected chi connectivity index (χ2v) is 4.43. The van der Waals surface area contributed by atoms with Crippen LogP contribution in [0.1, 0.15) is 30.4 Å². The van der Waals surface area contributed by atoms with Crippen LogP contribution in [-0.2, 0) is 0 Å². The highest BCUT2D eigenvalue weighted by Gasteiger charge is 2.27. The number of nitrogens with one attached hydrogen (secondary N) is 1. The summed E-state index contributed by atoms with van der Waals surface area (Å²) < 4.78 is 37.1. The van der Waals surface area contributed by atoms with Crippen molar-refractivity contribution in [1.29, 1.82) is 0 Å². The molecule has 0 fully saturated rings. The fourth-order valence-corrected chi connectivity index (χ4v) is 1.63. The lowest BCUT2D eigenvalue weighted by atomic mass is 10.2. The standard InChI is InChI=1S/C10H13ClF3N3O/c1-6(2)17-9(7(11)3-16-17)8(18)4-15-5-10(12,13)14/h3,6,15H,4-5H2,1-2H3. The summed E-state index contributed by atoms with van der Waals surface area (Å²) in [5.41, 5.74) is 0.126. The molecule has 0 atom stereocenters. The Labute approximate surface area is 107 Å². The van der Waals surface area contributed by atoms with Crippen molar-refractivity contribution in [2.45, 2.75) is 26.1 Å². The molecule has 4 nitrogen and oxygen atoms in total. The number of aromatic nitrogens is 2. The average molecular weight is 284 g/mol. The fourth-order valence-electron chi connectivity index (χ4n) is 1.40. The molecule has 102 valence electrons. The van der Waals surface area contributed by atoms with Gasteiger partial charge in [0.05, 0.1) is 24.3 Å². The SMILES string of the molecule is CC(C)n1ncc(Cl)c1C(=O)CNCC(F)(F)F. The minimum atomic E-state index is -4.34. The third-order valence-corrected chi connectivity index (χ3v) is 2.39. The van der Waals surface area contributed by atoms with Crippen molar-refractivity contribution in [3.63, 3.8) is 0 Å². The second kappa shape index (κ2) is 5.71. The zero-order valence-electron chi connectivity index (χ0n) is 9.88. The molecule has 1 aromatic heterocycles. The first-order chi connectivity index (χ1) is 8.22. The second-order valence-electron chi connectivity index (χ2n) is 4.02. The highest BCUT2D eigenvalue weighted by atomic mass is 35.5. The van der Waals surface area contributed by atoms with Crippen LogP contribution in [0.5, 0.6) is 0 Å². The van der Waals surface area contributed by atoms with Crippen molar-refractivity contribution < 1.29 is 18.0 Å². The quantitative estimate of drug-likeness (QED) is 0.845. The summed E-state index contributed by atoms with van der Waals surface area (Å²) in [5, 5.41) is 6.08. The largest absolute Gasteiger partial charge is 0.401 e. The number of carbonyl (C=O) groups is 1. The summed E-state index contributed by atoms with van der Waals surface area (Å²) in [6.07, 6.45) is -3.04. The number of Topliss-reactive ketones (excluding diaryl/α,β-unsaturated/α-hetero) is 1. The molecule has 0 unspecified atom stereocenters. The maximum Gasteiger partial charge on any atom is 0.401 e. The summed E-state index contributed by atoms with van der Waals surface area (Å²) in [6.45, 7) is 1.94. The zero-order chi connectivity index (χ0) is 13.9. The first-order valence-electron chi connectivity index (χ1n) is 5.26. The van der Waals surface area contributed by atoms with Gasteiger partial charge in [-0.15, -0.1) is 0 Å². The van der Waals surface area contributed by atoms with Crippen molar-refractivity contribution in [1.82, 2.24) is 15.1 Å². The Bertz CT molecular complexity index is 428. The molecule has 1 heterocycles. The number of halogens is 4. The molecular weight excluding hydrogens is 271 g/mol. The van der Waals surface area contributed by atoms with Crippen LogP contribution in [0.2, 0.25) is 5.02 Å². The predicted octanol–water partition coefficient (Wildman–Crippen LogP) is 2.45. The first kappa shape index (κ1) is 15.0. The monoisotopic (exact) mass is 283 g/mol. The van der Waals surface area contributed by atoms with Gasteiger partial charge >= 0.3 is 6.18 Å². The van der Waals surface area contributed by atoms with Gasteiger partial charge in [0.2, 0.25) is 0 Å². The Morgan fingerprint density at radius 2 is 2.17 bits per heavy atom. The summed E-state index contributed by atoms with van der Waals surface area (Å²) in [5.74, 6) is -0.518. The average Bonchev–Trinajstić information content (AvgIpc) is 2.58. The minimum absolute atomic E-state index is 0.0981. The Balaban J connectivity index is 2.70. The minimum Gasteiger partial charge on any atom is -0.301 e. The molecule has 0 spiro atoms. The molecule has 0 bridgehead atoms. The molecule has 0 radical (unpaired) electrons. The Morgan fingerprint density at radius 1 is 1.56 bits per heavy atom. The molecule has 1 N–H and O–H groups in total. The van der Waals surface area contributed by atoms with Crippen LogP contribution in [-0.4, -0.2) is 34.8 Å². The van der Waals surface area contributed by atoms with Gasteiger partial charge in [-0.2, -0.15) is 18.3 Å². The lowest BCUT2D eigenvalue weighted by Crippen LogP contribution is -2.33. The van der Waals surface area contributed by atoms with Gasteiger partial charge in [0.1, 0.15) is 5.69 Å². The van der Waals surface area contributed by atoms with Gasteiger partial charge < -0.3 is 5.32 Å². The number of carbonyl (C=O) groups excluding carboxylic acids is 1. The summed E-state index contributed by atoms with van der Waals surface area (Å²) >= 11 is 5.80. The van der Waals surface area contributed by atoms with Gasteiger partial charge in [0, 0.05) is 6.04 Å². The van der Waals surface area contributed by atoms with Crippen molar-refractivity contribution in [2.24, 2.45) is 0 Å². The molecule has 18 heavy (non-hydrogen) atoms. The number of hydrogen-bond acceptors (Lipinski definition) is 3. The molecule has 0 aliphatic rings. The van der Waals surface area contributed by atoms with Crippen molar-refractivity contribution in [3.05, 3.63) is 16.9 Å². The normalized spacial score (nSPS) is 12.2. The molecular formula is C10H13ClF3N3O. The van der Waals surface area contributed by atoms with E-state index in [0.717, 1.165) is 0 Å². The van der Waals surface area contributed by atoms with E-state index in [0.29, 0.717) is 0 Å². The third-order valence-electron chi connectivity index (χ3n) is 2.12. The van der Waals surface area contributed by atoms with Crippen molar-refractivity contribution in [3.8, 4) is 0 Å². The van der Waals surface area contributed by atoms with Crippen LogP contribution < -0.4 is 5.32 Å². The summed E-state index contributed by atoms with van der Waals surface area (Å²) in [7, 11) is 0. The smallest absolute Gasteiger partial charge is 0.301 e. The van der Waals surface area contributed by atoms with Gasteiger partial charge in [0.15, 0.2) is 5.78 Å². The molecule has 0 amide bonds. The molecule has 1 aromatic rings. The lowest BCUT2D eigenvalue weighted by molar-refractivity contribution is -0.124. The van der Waals surface area contributed by atoms with Gasteiger partial charge in [0.25, 0.3) is 0 Å². The topological polar surface area (TPSA) is 46.9 Å². The Hall–Kier alpha value is -1.08. The fraction of sp³-hybridized carbons (Fsp3) is 0.600. The summed E-state index contributed by atoms with van der Waals surface area (Å²) in [4.78, 5) is 11.8. The number of alkyl halides is 3. The van der Waals surface area contributed by atoms with E-state index in [1.165, 1.54) is 10.9 Å². The van der Waals surface area contributed by atoms with E-state index in [1.54, 1.807) is 13.8 Å². The number of hydrogen-bond donors (Lipinski definition) is 1. The van der Waals surface area contributed by atoms with Gasteiger partial charge in [-0.1, -0.05) is 11.6 Å². The lowest BCUT2D eigenvalue weighted by Gasteiger charge is -2.11. The Morgan fingerprint density at radius 3 is 2.67 bits per heavy atom. The van der Waals surface area contributed by atoms with E-state index in [1.807, 2.05) is 5.32 Å². The number of nitrogens with zero attached hydrogens (tertiary/aromatic N) is 2. The maximum atomic E-state index is 11.9. The molecule has 8 heteroatoms. The van der Waals surface area contributed by atoms with Crippen LogP contribution in [0.25, 0.3) is 0 Å². The highest BCUT2D eigenvalue weighted by Crippen LogP contribution is 2.19.